The third kappa shape index (κ3) is 1.44. The average molecular weight is 193 g/mol. The molecule has 0 radical (unpaired) electrons. The molecular weight excluding hydrogens is 186 g/mol. The normalized spacial score (nSPS) is 10.1. The van der Waals surface area contributed by atoms with E-state index in [4.69, 9.17) is 0 Å². The van der Waals surface area contributed by atoms with Gasteiger partial charge in [-0.1, -0.05) is 0 Å². The summed E-state index contributed by atoms with van der Waals surface area (Å²) in [5, 5.41) is 12.3. The maximum Gasteiger partial charge on any atom is 0.295 e. The van der Waals surface area contributed by atoms with Crippen molar-refractivity contribution < 1.29 is 4.79 Å². The van der Waals surface area contributed by atoms with Gasteiger partial charge in [0.1, 0.15) is 12.7 Å². The molecule has 0 saturated heterocycles. The van der Waals surface area contributed by atoms with Gasteiger partial charge in [0.05, 0.1) is 0 Å². The first-order chi connectivity index (χ1) is 6.77. The summed E-state index contributed by atoms with van der Waals surface area (Å²) in [4.78, 5) is 18.9. The van der Waals surface area contributed by atoms with Crippen molar-refractivity contribution in [2.45, 2.75) is 0 Å². The molecule has 0 unspecified atom stereocenters. The van der Waals surface area contributed by atoms with E-state index in [0.717, 1.165) is 0 Å². The molecule has 0 atom stereocenters. The number of carbonyl (C=O) groups is 1. The van der Waals surface area contributed by atoms with Crippen LogP contribution in [0.2, 0.25) is 0 Å². The number of H-pyrrole nitrogens is 1. The molecule has 72 valence electrons. The summed E-state index contributed by atoms with van der Waals surface area (Å²) in [5.41, 5.74) is 0. The number of amides is 1. The van der Waals surface area contributed by atoms with Gasteiger partial charge in [-0.2, -0.15) is 15.2 Å². The summed E-state index contributed by atoms with van der Waals surface area (Å²) in [6.45, 7) is 0. The Morgan fingerprint density at radius 2 is 2.36 bits per heavy atom. The van der Waals surface area contributed by atoms with Gasteiger partial charge in [0, 0.05) is 7.05 Å². The van der Waals surface area contributed by atoms with Crippen LogP contribution in [-0.4, -0.2) is 35.9 Å². The highest BCUT2D eigenvalue weighted by atomic mass is 16.2. The summed E-state index contributed by atoms with van der Waals surface area (Å²) >= 11 is 0. The lowest BCUT2D eigenvalue weighted by atomic mass is 10.6. The molecular formula is C6H7N7O. The van der Waals surface area contributed by atoms with Crippen molar-refractivity contribution in [3.8, 4) is 0 Å². The Balaban J connectivity index is 2.13. The summed E-state index contributed by atoms with van der Waals surface area (Å²) < 4.78 is 1.44. The smallest absolute Gasteiger partial charge is 0.288 e. The first-order valence-electron chi connectivity index (χ1n) is 3.78. The van der Waals surface area contributed by atoms with E-state index in [-0.39, 0.29) is 5.82 Å². The molecule has 8 heteroatoms. The highest BCUT2D eigenvalue weighted by molar-refractivity contribution is 6.00. The summed E-state index contributed by atoms with van der Waals surface area (Å²) in [6, 6.07) is 0. The molecule has 2 heterocycles. The van der Waals surface area contributed by atoms with Crippen LogP contribution < -0.4 is 5.32 Å². The third-order valence-corrected chi connectivity index (χ3v) is 1.57. The van der Waals surface area contributed by atoms with Crippen LogP contribution in [0.3, 0.4) is 0 Å². The van der Waals surface area contributed by atoms with E-state index in [0.29, 0.717) is 5.95 Å². The van der Waals surface area contributed by atoms with Crippen LogP contribution in [0.15, 0.2) is 12.7 Å². The van der Waals surface area contributed by atoms with Gasteiger partial charge in [0.15, 0.2) is 0 Å². The van der Waals surface area contributed by atoms with Crippen LogP contribution in [0.25, 0.3) is 0 Å². The van der Waals surface area contributed by atoms with Gasteiger partial charge >= 0.3 is 0 Å². The first kappa shape index (κ1) is 8.35. The van der Waals surface area contributed by atoms with Crippen molar-refractivity contribution in [3.05, 3.63) is 18.5 Å². The summed E-state index contributed by atoms with van der Waals surface area (Å²) in [5.74, 6) is 0.0815. The van der Waals surface area contributed by atoms with Crippen LogP contribution in [0.4, 0.5) is 5.95 Å². The van der Waals surface area contributed by atoms with Gasteiger partial charge in [-0.05, 0) is 0 Å². The predicted molar refractivity (Wildman–Crippen MR) is 45.3 cm³/mol. The topological polar surface area (TPSA) is 101 Å². The molecule has 8 nitrogen and oxygen atoms in total. The van der Waals surface area contributed by atoms with E-state index >= 15 is 0 Å². The molecule has 2 aromatic rings. The van der Waals surface area contributed by atoms with Crippen LogP contribution in [0.5, 0.6) is 0 Å². The van der Waals surface area contributed by atoms with E-state index in [1.165, 1.54) is 17.3 Å². The number of aryl methyl sites for hydroxylation is 1. The van der Waals surface area contributed by atoms with Gasteiger partial charge in [0.25, 0.3) is 5.91 Å². The third-order valence-electron chi connectivity index (χ3n) is 1.57. The fourth-order valence-corrected chi connectivity index (χ4v) is 0.885. The second-order valence-electron chi connectivity index (χ2n) is 2.50. The molecule has 0 spiro atoms. The summed E-state index contributed by atoms with van der Waals surface area (Å²) in [7, 11) is 1.67. The summed E-state index contributed by atoms with van der Waals surface area (Å²) in [6.07, 6.45) is 2.60. The Kier molecular flexibility index (Phi) is 1.94. The number of rotatable bonds is 2. The Morgan fingerprint density at radius 3 is 2.93 bits per heavy atom. The lowest BCUT2D eigenvalue weighted by Gasteiger charge is -1.99. The van der Waals surface area contributed by atoms with Crippen molar-refractivity contribution in [1.29, 1.82) is 0 Å². The van der Waals surface area contributed by atoms with Gasteiger partial charge in [-0.25, -0.2) is 9.67 Å². The zero-order valence-corrected chi connectivity index (χ0v) is 7.30. The molecule has 0 aliphatic carbocycles. The molecule has 0 fully saturated rings. The minimum Gasteiger partial charge on any atom is -0.288 e. The minimum atomic E-state index is -0.404. The van der Waals surface area contributed by atoms with Crippen molar-refractivity contribution in [3.63, 3.8) is 0 Å². The van der Waals surface area contributed by atoms with Crippen LogP contribution >= 0.6 is 0 Å². The number of carbonyl (C=O) groups excluding carboxylic acids is 1. The quantitative estimate of drug-likeness (QED) is 0.649. The highest BCUT2D eigenvalue weighted by Gasteiger charge is 2.11. The largest absolute Gasteiger partial charge is 0.295 e. The van der Waals surface area contributed by atoms with Crippen LogP contribution in [0.1, 0.15) is 10.6 Å². The van der Waals surface area contributed by atoms with Crippen molar-refractivity contribution in [2.75, 3.05) is 5.32 Å². The second kappa shape index (κ2) is 3.24. The number of hydrogen-bond donors (Lipinski definition) is 2. The monoisotopic (exact) mass is 193 g/mol. The van der Waals surface area contributed by atoms with E-state index < -0.39 is 5.91 Å². The Labute approximate surface area is 78.4 Å². The maximum atomic E-state index is 11.4. The van der Waals surface area contributed by atoms with Crippen molar-refractivity contribution in [2.24, 2.45) is 7.05 Å². The molecule has 2 aromatic heterocycles. The molecule has 0 aliphatic heterocycles. The second-order valence-corrected chi connectivity index (χ2v) is 2.50. The predicted octanol–water partition coefficient (Wildman–Crippen LogP) is -0.815. The lowest BCUT2D eigenvalue weighted by Crippen LogP contribution is -2.16. The molecule has 2 rings (SSSR count). The standard InChI is InChI=1S/C6H7N7O/c1-13-6(8-3-10-13)11-5(14)4-7-2-9-12-4/h2-3H,1H3,(H,7,9,12)(H,8,10,11,14). The minimum absolute atomic E-state index is 0.132. The molecule has 1 amide bonds. The fourth-order valence-electron chi connectivity index (χ4n) is 0.885. The van der Waals surface area contributed by atoms with Crippen molar-refractivity contribution in [1.82, 2.24) is 29.9 Å². The Morgan fingerprint density at radius 1 is 1.50 bits per heavy atom. The zero-order chi connectivity index (χ0) is 9.97. The number of aromatic nitrogens is 6. The van der Waals surface area contributed by atoms with Gasteiger partial charge in [-0.15, -0.1) is 0 Å². The van der Waals surface area contributed by atoms with Gasteiger partial charge in [0.2, 0.25) is 11.8 Å². The number of anilines is 1. The Hall–Kier alpha value is -2.25. The van der Waals surface area contributed by atoms with E-state index in [9.17, 15) is 4.79 Å². The highest BCUT2D eigenvalue weighted by Crippen LogP contribution is 1.99. The Bertz CT molecular complexity index is 431. The molecule has 0 aliphatic rings. The average Bonchev–Trinajstić information content (AvgIpc) is 2.77. The molecule has 0 aromatic carbocycles. The zero-order valence-electron chi connectivity index (χ0n) is 7.30. The van der Waals surface area contributed by atoms with Crippen LogP contribution in [0, 0.1) is 0 Å². The molecule has 0 bridgehead atoms. The number of aromatic amines is 1. The fraction of sp³-hybridized carbons (Fsp3) is 0.167. The van der Waals surface area contributed by atoms with Crippen molar-refractivity contribution >= 4 is 11.9 Å². The number of hydrogen-bond acceptors (Lipinski definition) is 5. The molecule has 14 heavy (non-hydrogen) atoms. The van der Waals surface area contributed by atoms with E-state index in [1.54, 1.807) is 7.05 Å². The first-order valence-corrected chi connectivity index (χ1v) is 3.78. The van der Waals surface area contributed by atoms with E-state index in [2.05, 4.69) is 30.6 Å². The maximum absolute atomic E-state index is 11.4. The number of nitrogens with one attached hydrogen (secondary N) is 2. The number of nitrogens with zero attached hydrogens (tertiary/aromatic N) is 5. The van der Waals surface area contributed by atoms with Crippen LogP contribution in [-0.2, 0) is 7.05 Å². The van der Waals surface area contributed by atoms with Gasteiger partial charge in [-0.3, -0.25) is 15.2 Å². The van der Waals surface area contributed by atoms with E-state index in [1.807, 2.05) is 0 Å². The molecule has 2 N–H and O–H groups in total. The molecule has 0 saturated carbocycles. The van der Waals surface area contributed by atoms with Gasteiger partial charge < -0.3 is 0 Å². The lowest BCUT2D eigenvalue weighted by molar-refractivity contribution is 0.101. The SMILES string of the molecule is Cn1ncnc1NC(=O)c1ncn[nH]1.